The predicted octanol–water partition coefficient (Wildman–Crippen LogP) is 5.70. The Balaban J connectivity index is 1.92. The van der Waals surface area contributed by atoms with Gasteiger partial charge in [0, 0.05) is 28.5 Å². The van der Waals surface area contributed by atoms with Crippen molar-refractivity contribution >= 4 is 39.7 Å². The molecule has 0 bridgehead atoms. The number of hydrogen-bond acceptors (Lipinski definition) is 3. The number of fused-ring (bicyclic) bond motifs is 1. The minimum absolute atomic E-state index is 0.0182. The fourth-order valence-corrected chi connectivity index (χ4v) is 4.94. The maximum Gasteiger partial charge on any atom is 0.409 e. The van der Waals surface area contributed by atoms with E-state index in [1.807, 2.05) is 19.1 Å². The van der Waals surface area contributed by atoms with E-state index >= 15 is 0 Å². The van der Waals surface area contributed by atoms with Crippen LogP contribution in [0.1, 0.15) is 36.8 Å². The standard InChI is InChI=1S/C22H26BrClN2O2/c1-4-25-21-14(3)19(23)13-16-12-17(24)6-7-18(16)20(21)15-8-10-26(11-9-15)22(27)28-5-2/h4,6-7,12-13,15,20-21,25H,1,3,5,8-11H2,2H3. The summed E-state index contributed by atoms with van der Waals surface area (Å²) >= 11 is 9.95. The number of likely N-dealkylation sites (tertiary alicyclic amines) is 1. The fraction of sp³-hybridized carbons (Fsp3) is 0.409. The zero-order valence-electron chi connectivity index (χ0n) is 16.1. The Labute approximate surface area is 180 Å². The fourth-order valence-electron chi connectivity index (χ4n) is 4.26. The molecule has 4 nitrogen and oxygen atoms in total. The number of ether oxygens (including phenoxy) is 1. The lowest BCUT2D eigenvalue weighted by Crippen LogP contribution is -2.44. The van der Waals surface area contributed by atoms with Crippen molar-refractivity contribution in [1.82, 2.24) is 10.2 Å². The molecular weight excluding hydrogens is 440 g/mol. The van der Waals surface area contributed by atoms with Gasteiger partial charge >= 0.3 is 6.09 Å². The predicted molar refractivity (Wildman–Crippen MR) is 119 cm³/mol. The molecule has 28 heavy (non-hydrogen) atoms. The number of amides is 1. The summed E-state index contributed by atoms with van der Waals surface area (Å²) in [6, 6.07) is 6.09. The highest BCUT2D eigenvalue weighted by Gasteiger charge is 2.38. The second-order valence-electron chi connectivity index (χ2n) is 7.19. The number of halogens is 2. The summed E-state index contributed by atoms with van der Waals surface area (Å²) in [5.74, 6) is 0.597. The SMILES string of the molecule is C=CNC1C(=C)C(Br)=Cc2cc(Cl)ccc2C1C1CCN(C(=O)OCC)CC1. The molecule has 1 saturated heterocycles. The van der Waals surface area contributed by atoms with Crippen LogP contribution in [0.5, 0.6) is 0 Å². The quantitative estimate of drug-likeness (QED) is 0.620. The lowest BCUT2D eigenvalue weighted by molar-refractivity contribution is 0.0876. The lowest BCUT2D eigenvalue weighted by atomic mass is 9.74. The Morgan fingerprint density at radius 3 is 2.79 bits per heavy atom. The average molecular weight is 466 g/mol. The molecule has 1 N–H and O–H groups in total. The van der Waals surface area contributed by atoms with E-state index in [0.717, 1.165) is 28.5 Å². The molecule has 1 heterocycles. The maximum absolute atomic E-state index is 12.1. The first-order chi connectivity index (χ1) is 13.5. The van der Waals surface area contributed by atoms with Gasteiger partial charge in [-0.1, -0.05) is 46.8 Å². The molecule has 3 rings (SSSR count). The number of carbonyl (C=O) groups excluding carboxylic acids is 1. The van der Waals surface area contributed by atoms with Crippen molar-refractivity contribution in [1.29, 1.82) is 0 Å². The van der Waals surface area contributed by atoms with Crippen LogP contribution in [0.2, 0.25) is 5.02 Å². The average Bonchev–Trinajstić information content (AvgIpc) is 2.78. The van der Waals surface area contributed by atoms with Gasteiger partial charge in [0.15, 0.2) is 0 Å². The number of carbonyl (C=O) groups is 1. The van der Waals surface area contributed by atoms with E-state index in [4.69, 9.17) is 16.3 Å². The first-order valence-electron chi connectivity index (χ1n) is 9.60. The third-order valence-electron chi connectivity index (χ3n) is 5.60. The van der Waals surface area contributed by atoms with Gasteiger partial charge in [-0.3, -0.25) is 0 Å². The van der Waals surface area contributed by atoms with Crippen molar-refractivity contribution in [2.75, 3.05) is 19.7 Å². The summed E-state index contributed by atoms with van der Waals surface area (Å²) in [6.45, 7) is 11.8. The Bertz CT molecular complexity index is 800. The van der Waals surface area contributed by atoms with E-state index in [0.29, 0.717) is 30.6 Å². The summed E-state index contributed by atoms with van der Waals surface area (Å²) in [7, 11) is 0. The second-order valence-corrected chi connectivity index (χ2v) is 8.48. The lowest BCUT2D eigenvalue weighted by Gasteiger charge is -2.39. The van der Waals surface area contributed by atoms with Crippen LogP contribution in [0.15, 0.2) is 47.6 Å². The van der Waals surface area contributed by atoms with E-state index in [-0.39, 0.29) is 18.1 Å². The molecule has 2 aliphatic rings. The number of nitrogens with one attached hydrogen (secondary N) is 1. The van der Waals surface area contributed by atoms with Gasteiger partial charge in [0.1, 0.15) is 0 Å². The van der Waals surface area contributed by atoms with Gasteiger partial charge in [-0.2, -0.15) is 0 Å². The van der Waals surface area contributed by atoms with E-state index < -0.39 is 0 Å². The van der Waals surface area contributed by atoms with Gasteiger partial charge in [-0.05, 0) is 66.8 Å². The molecule has 1 fully saturated rings. The molecule has 0 aromatic heterocycles. The van der Waals surface area contributed by atoms with Crippen molar-refractivity contribution < 1.29 is 9.53 Å². The molecule has 150 valence electrons. The van der Waals surface area contributed by atoms with Gasteiger partial charge in [0.2, 0.25) is 0 Å². The Morgan fingerprint density at radius 1 is 1.43 bits per heavy atom. The largest absolute Gasteiger partial charge is 0.450 e. The van der Waals surface area contributed by atoms with Crippen LogP contribution in [0.25, 0.3) is 6.08 Å². The zero-order valence-corrected chi connectivity index (χ0v) is 18.4. The van der Waals surface area contributed by atoms with Gasteiger partial charge in [-0.15, -0.1) is 0 Å². The van der Waals surface area contributed by atoms with E-state index in [1.54, 1.807) is 11.1 Å². The highest BCUT2D eigenvalue weighted by molar-refractivity contribution is 9.12. The summed E-state index contributed by atoms with van der Waals surface area (Å²) in [4.78, 5) is 13.9. The molecule has 0 spiro atoms. The minimum Gasteiger partial charge on any atom is -0.450 e. The molecule has 1 aliphatic heterocycles. The van der Waals surface area contributed by atoms with Gasteiger partial charge in [-0.25, -0.2) is 4.79 Å². The van der Waals surface area contributed by atoms with E-state index in [2.05, 4.69) is 46.5 Å². The van der Waals surface area contributed by atoms with E-state index in [9.17, 15) is 4.79 Å². The van der Waals surface area contributed by atoms with Crippen LogP contribution >= 0.6 is 27.5 Å². The first kappa shape index (κ1) is 21.0. The molecule has 1 amide bonds. The number of nitrogens with zero attached hydrogens (tertiary/aromatic N) is 1. The van der Waals surface area contributed by atoms with Crippen molar-refractivity contribution in [3.63, 3.8) is 0 Å². The Morgan fingerprint density at radius 2 is 2.14 bits per heavy atom. The van der Waals surface area contributed by atoms with Crippen molar-refractivity contribution in [3.8, 4) is 0 Å². The number of piperidine rings is 1. The molecule has 1 aromatic carbocycles. The third kappa shape index (κ3) is 4.31. The van der Waals surface area contributed by atoms with Crippen LogP contribution in [0, 0.1) is 5.92 Å². The maximum atomic E-state index is 12.1. The number of benzene rings is 1. The van der Waals surface area contributed by atoms with Crippen molar-refractivity contribution in [3.05, 3.63) is 63.8 Å². The highest BCUT2D eigenvalue weighted by atomic mass is 79.9. The van der Waals surface area contributed by atoms with Gasteiger partial charge < -0.3 is 15.0 Å². The van der Waals surface area contributed by atoms with Crippen LogP contribution in [0.3, 0.4) is 0 Å². The summed E-state index contributed by atoms with van der Waals surface area (Å²) in [6.07, 6.45) is 5.42. The summed E-state index contributed by atoms with van der Waals surface area (Å²) in [5, 5.41) is 4.13. The third-order valence-corrected chi connectivity index (χ3v) is 6.58. The second kappa shape index (κ2) is 9.19. The molecule has 2 atom stereocenters. The van der Waals surface area contributed by atoms with Gasteiger partial charge in [0.25, 0.3) is 0 Å². The number of hydrogen-bond donors (Lipinski definition) is 1. The van der Waals surface area contributed by atoms with Gasteiger partial charge in [0.05, 0.1) is 12.6 Å². The molecule has 6 heteroatoms. The van der Waals surface area contributed by atoms with E-state index in [1.165, 1.54) is 5.56 Å². The summed E-state index contributed by atoms with van der Waals surface area (Å²) in [5.41, 5.74) is 3.34. The zero-order chi connectivity index (χ0) is 20.3. The molecule has 1 aliphatic carbocycles. The Hall–Kier alpha value is -1.72. The Kier molecular flexibility index (Phi) is 6.89. The first-order valence-corrected chi connectivity index (χ1v) is 10.8. The van der Waals surface area contributed by atoms with Crippen LogP contribution < -0.4 is 5.32 Å². The normalized spacial score (nSPS) is 22.8. The monoisotopic (exact) mass is 464 g/mol. The molecular formula is C22H26BrClN2O2. The van der Waals surface area contributed by atoms with Crippen molar-refractivity contribution in [2.24, 2.45) is 5.92 Å². The molecule has 2 unspecified atom stereocenters. The summed E-state index contributed by atoms with van der Waals surface area (Å²) < 4.78 is 6.12. The highest BCUT2D eigenvalue weighted by Crippen LogP contribution is 2.44. The van der Waals surface area contributed by atoms with Crippen LogP contribution in [0.4, 0.5) is 4.79 Å². The molecule has 1 aromatic rings. The van der Waals surface area contributed by atoms with Crippen molar-refractivity contribution in [2.45, 2.75) is 31.7 Å². The smallest absolute Gasteiger partial charge is 0.409 e. The topological polar surface area (TPSA) is 41.6 Å². The van der Waals surface area contributed by atoms with Crippen LogP contribution in [-0.2, 0) is 4.74 Å². The van der Waals surface area contributed by atoms with Crippen LogP contribution in [-0.4, -0.2) is 36.7 Å². The molecule has 0 radical (unpaired) electrons. The minimum atomic E-state index is -0.219. The number of rotatable bonds is 4. The molecule has 0 saturated carbocycles.